The van der Waals surface area contributed by atoms with Crippen molar-refractivity contribution in [2.45, 2.75) is 39.3 Å². The van der Waals surface area contributed by atoms with Crippen LogP contribution < -0.4 is 10.1 Å². The van der Waals surface area contributed by atoms with E-state index in [1.807, 2.05) is 12.1 Å². The molecule has 3 nitrogen and oxygen atoms in total. The quantitative estimate of drug-likeness (QED) is 0.889. The number of likely N-dealkylation sites (N-methyl/N-ethyl adjacent to an activating group) is 1. The summed E-state index contributed by atoms with van der Waals surface area (Å²) in [6, 6.07) is 6.59. The Bertz CT molecular complexity index is 390. The minimum absolute atomic E-state index is 0.110. The first-order valence-corrected chi connectivity index (χ1v) is 6.76. The van der Waals surface area contributed by atoms with Crippen LogP contribution in [-0.4, -0.2) is 31.9 Å². The molecular formula is C15H23NO2. The van der Waals surface area contributed by atoms with Gasteiger partial charge in [-0.05, 0) is 44.0 Å². The van der Waals surface area contributed by atoms with Gasteiger partial charge in [0, 0.05) is 12.6 Å². The van der Waals surface area contributed by atoms with Gasteiger partial charge in [-0.1, -0.05) is 19.1 Å². The molecule has 0 radical (unpaired) electrons. The zero-order valence-electron chi connectivity index (χ0n) is 11.5. The summed E-state index contributed by atoms with van der Waals surface area (Å²) in [5.74, 6) is 0.980. The number of benzene rings is 1. The van der Waals surface area contributed by atoms with Gasteiger partial charge in [-0.15, -0.1) is 0 Å². The molecule has 0 aliphatic carbocycles. The highest BCUT2D eigenvalue weighted by molar-refractivity contribution is 5.38. The molecule has 0 amide bonds. The van der Waals surface area contributed by atoms with Gasteiger partial charge in [0.15, 0.2) is 0 Å². The molecule has 100 valence electrons. The molecule has 2 rings (SSSR count). The maximum absolute atomic E-state index is 6.14. The van der Waals surface area contributed by atoms with Crippen LogP contribution in [0.25, 0.3) is 0 Å². The molecule has 1 aliphatic rings. The molecule has 3 heteroatoms. The predicted octanol–water partition coefficient (Wildman–Crippen LogP) is 2.45. The lowest BCUT2D eigenvalue weighted by atomic mass is 10.1. The van der Waals surface area contributed by atoms with Gasteiger partial charge in [0.25, 0.3) is 0 Å². The normalized spacial score (nSPS) is 23.9. The van der Waals surface area contributed by atoms with Crippen molar-refractivity contribution in [3.05, 3.63) is 29.3 Å². The summed E-state index contributed by atoms with van der Waals surface area (Å²) >= 11 is 0. The lowest BCUT2D eigenvalue weighted by Gasteiger charge is -2.32. The summed E-state index contributed by atoms with van der Waals surface area (Å²) in [4.78, 5) is 0. The zero-order valence-corrected chi connectivity index (χ0v) is 11.5. The Hall–Kier alpha value is -1.06. The van der Waals surface area contributed by atoms with E-state index >= 15 is 0 Å². The molecule has 0 bridgehead atoms. The van der Waals surface area contributed by atoms with Crippen molar-refractivity contribution in [1.82, 2.24) is 5.32 Å². The van der Waals surface area contributed by atoms with E-state index in [1.165, 1.54) is 11.1 Å². The molecule has 0 aromatic heterocycles. The summed E-state index contributed by atoms with van der Waals surface area (Å²) in [5, 5.41) is 3.48. The average Bonchev–Trinajstić information content (AvgIpc) is 2.37. The summed E-state index contributed by atoms with van der Waals surface area (Å²) in [6.07, 6.45) is 1.13. The fraction of sp³-hybridized carbons (Fsp3) is 0.600. The molecular weight excluding hydrogens is 226 g/mol. The largest absolute Gasteiger partial charge is 0.486 e. The van der Waals surface area contributed by atoms with Gasteiger partial charge in [-0.25, -0.2) is 0 Å². The molecule has 1 aromatic rings. The van der Waals surface area contributed by atoms with Crippen molar-refractivity contribution < 1.29 is 9.47 Å². The van der Waals surface area contributed by atoms with E-state index in [-0.39, 0.29) is 6.10 Å². The van der Waals surface area contributed by atoms with Crippen molar-refractivity contribution in [2.75, 3.05) is 19.8 Å². The Labute approximate surface area is 109 Å². The van der Waals surface area contributed by atoms with E-state index in [9.17, 15) is 0 Å². The van der Waals surface area contributed by atoms with E-state index in [4.69, 9.17) is 9.47 Å². The Balaban J connectivity index is 2.08. The van der Waals surface area contributed by atoms with Crippen LogP contribution in [-0.2, 0) is 4.74 Å². The lowest BCUT2D eigenvalue weighted by Crippen LogP contribution is -2.49. The molecule has 1 saturated heterocycles. The molecule has 1 aromatic carbocycles. The van der Waals surface area contributed by atoms with Gasteiger partial charge in [-0.2, -0.15) is 0 Å². The minimum Gasteiger partial charge on any atom is -0.486 e. The Morgan fingerprint density at radius 2 is 2.22 bits per heavy atom. The number of aryl methyl sites for hydroxylation is 1. The molecule has 1 fully saturated rings. The molecule has 18 heavy (non-hydrogen) atoms. The molecule has 1 N–H and O–H groups in total. The third kappa shape index (κ3) is 3.03. The van der Waals surface area contributed by atoms with Gasteiger partial charge >= 0.3 is 0 Å². The standard InChI is InChI=1S/C15H23NO2/c1-4-16-13-8-9-17-10-15(13)18-14-7-5-6-11(2)12(14)3/h5-7,13,15-16H,4,8-10H2,1-3H3. The van der Waals surface area contributed by atoms with Crippen LogP contribution in [0, 0.1) is 13.8 Å². The minimum atomic E-state index is 0.110. The summed E-state index contributed by atoms with van der Waals surface area (Å²) < 4.78 is 11.7. The summed E-state index contributed by atoms with van der Waals surface area (Å²) in [6.45, 7) is 8.81. The molecule has 1 aliphatic heterocycles. The maximum Gasteiger partial charge on any atom is 0.137 e. The third-order valence-corrected chi connectivity index (χ3v) is 3.60. The second-order valence-corrected chi connectivity index (χ2v) is 4.88. The smallest absolute Gasteiger partial charge is 0.137 e. The second kappa shape index (κ2) is 6.21. The van der Waals surface area contributed by atoms with Crippen LogP contribution in [0.5, 0.6) is 5.75 Å². The first kappa shape index (κ1) is 13.4. The Morgan fingerprint density at radius 3 is 3.00 bits per heavy atom. The number of ether oxygens (including phenoxy) is 2. The molecule has 0 spiro atoms. The van der Waals surface area contributed by atoms with E-state index < -0.39 is 0 Å². The van der Waals surface area contributed by atoms with Crippen LogP contribution in [0.4, 0.5) is 0 Å². The highest BCUT2D eigenvalue weighted by atomic mass is 16.5. The number of rotatable bonds is 4. The topological polar surface area (TPSA) is 30.5 Å². The first-order valence-electron chi connectivity index (χ1n) is 6.76. The highest BCUT2D eigenvalue weighted by Gasteiger charge is 2.27. The van der Waals surface area contributed by atoms with Gasteiger partial charge in [0.05, 0.1) is 6.61 Å². The monoisotopic (exact) mass is 249 g/mol. The number of hydrogen-bond acceptors (Lipinski definition) is 3. The lowest BCUT2D eigenvalue weighted by molar-refractivity contribution is -0.0145. The maximum atomic E-state index is 6.14. The average molecular weight is 249 g/mol. The fourth-order valence-electron chi connectivity index (χ4n) is 2.34. The zero-order chi connectivity index (χ0) is 13.0. The van der Waals surface area contributed by atoms with Crippen LogP contribution in [0.2, 0.25) is 0 Å². The number of hydrogen-bond donors (Lipinski definition) is 1. The molecule has 1 heterocycles. The van der Waals surface area contributed by atoms with Crippen LogP contribution in [0.15, 0.2) is 18.2 Å². The van der Waals surface area contributed by atoms with Gasteiger partial charge in [0.1, 0.15) is 11.9 Å². The third-order valence-electron chi connectivity index (χ3n) is 3.60. The number of nitrogens with one attached hydrogen (secondary N) is 1. The van der Waals surface area contributed by atoms with Crippen molar-refractivity contribution in [2.24, 2.45) is 0 Å². The first-order chi connectivity index (χ1) is 8.72. The fourth-order valence-corrected chi connectivity index (χ4v) is 2.34. The van der Waals surface area contributed by atoms with Crippen molar-refractivity contribution >= 4 is 0 Å². The molecule has 2 atom stereocenters. The van der Waals surface area contributed by atoms with Crippen molar-refractivity contribution in [3.63, 3.8) is 0 Å². The van der Waals surface area contributed by atoms with E-state index in [2.05, 4.69) is 32.2 Å². The second-order valence-electron chi connectivity index (χ2n) is 4.88. The van der Waals surface area contributed by atoms with Crippen LogP contribution >= 0.6 is 0 Å². The SMILES string of the molecule is CCNC1CCOCC1Oc1cccc(C)c1C. The van der Waals surface area contributed by atoms with Gasteiger partial charge in [0.2, 0.25) is 0 Å². The van der Waals surface area contributed by atoms with E-state index in [0.717, 1.165) is 25.3 Å². The van der Waals surface area contributed by atoms with E-state index in [0.29, 0.717) is 12.6 Å². The summed E-state index contributed by atoms with van der Waals surface area (Å²) in [5.41, 5.74) is 2.49. The van der Waals surface area contributed by atoms with Crippen LogP contribution in [0.1, 0.15) is 24.5 Å². The van der Waals surface area contributed by atoms with E-state index in [1.54, 1.807) is 0 Å². The Morgan fingerprint density at radius 1 is 1.39 bits per heavy atom. The predicted molar refractivity (Wildman–Crippen MR) is 73.2 cm³/mol. The Kier molecular flexibility index (Phi) is 4.61. The molecule has 2 unspecified atom stereocenters. The van der Waals surface area contributed by atoms with Gasteiger partial charge in [-0.3, -0.25) is 0 Å². The van der Waals surface area contributed by atoms with Crippen molar-refractivity contribution in [3.8, 4) is 5.75 Å². The van der Waals surface area contributed by atoms with Crippen LogP contribution in [0.3, 0.4) is 0 Å². The summed E-state index contributed by atoms with van der Waals surface area (Å²) in [7, 11) is 0. The van der Waals surface area contributed by atoms with Gasteiger partial charge < -0.3 is 14.8 Å². The highest BCUT2D eigenvalue weighted by Crippen LogP contribution is 2.24. The van der Waals surface area contributed by atoms with Crippen molar-refractivity contribution in [1.29, 1.82) is 0 Å². The molecule has 0 saturated carbocycles.